The summed E-state index contributed by atoms with van der Waals surface area (Å²) in [6.07, 6.45) is 18.7. The lowest BCUT2D eigenvalue weighted by Gasteiger charge is -2.50. The molecule has 38 heavy (non-hydrogen) atoms. The van der Waals surface area contributed by atoms with Gasteiger partial charge in [-0.3, -0.25) is 4.90 Å². The van der Waals surface area contributed by atoms with Gasteiger partial charge in [0.25, 0.3) is 0 Å². The summed E-state index contributed by atoms with van der Waals surface area (Å²) in [5, 5.41) is 0. The molecule has 4 fully saturated rings. The zero-order valence-electron chi connectivity index (χ0n) is 23.8. The first-order valence-corrected chi connectivity index (χ1v) is 16.1. The van der Waals surface area contributed by atoms with E-state index in [1.165, 1.54) is 127 Å². The number of rotatable bonds is 4. The zero-order chi connectivity index (χ0) is 25.6. The maximum Gasteiger partial charge on any atom is 0.0470 e. The van der Waals surface area contributed by atoms with Gasteiger partial charge in [-0.2, -0.15) is 0 Å². The van der Waals surface area contributed by atoms with Crippen LogP contribution < -0.4 is 4.90 Å². The molecule has 1 aliphatic carbocycles. The van der Waals surface area contributed by atoms with Gasteiger partial charge in [0.05, 0.1) is 0 Å². The van der Waals surface area contributed by atoms with E-state index in [0.717, 1.165) is 24.4 Å². The second-order valence-corrected chi connectivity index (χ2v) is 13.0. The van der Waals surface area contributed by atoms with Crippen molar-refractivity contribution in [1.82, 2.24) is 9.80 Å². The largest absolute Gasteiger partial charge is 0.365 e. The molecule has 2 atom stereocenters. The van der Waals surface area contributed by atoms with Crippen molar-refractivity contribution < 1.29 is 0 Å². The lowest BCUT2D eigenvalue weighted by molar-refractivity contribution is 0.0822. The van der Waals surface area contributed by atoms with Gasteiger partial charge in [-0.15, -0.1) is 0 Å². The van der Waals surface area contributed by atoms with Crippen LogP contribution >= 0.6 is 0 Å². The molecule has 1 spiro atoms. The fraction of sp³-hybridized carbons (Fsp3) is 0.657. The highest BCUT2D eigenvalue weighted by molar-refractivity contribution is 5.52. The first kappa shape index (κ1) is 26.4. The van der Waals surface area contributed by atoms with Gasteiger partial charge in [-0.1, -0.05) is 106 Å². The smallest absolute Gasteiger partial charge is 0.0470 e. The molecule has 3 nitrogen and oxygen atoms in total. The molecule has 3 heterocycles. The molecule has 0 aromatic heterocycles. The van der Waals surface area contributed by atoms with Crippen molar-refractivity contribution in [3.8, 4) is 0 Å². The third kappa shape index (κ3) is 5.85. The van der Waals surface area contributed by atoms with Crippen LogP contribution in [0.1, 0.15) is 89.0 Å². The second-order valence-electron chi connectivity index (χ2n) is 13.0. The molecule has 0 radical (unpaired) electrons. The van der Waals surface area contributed by atoms with Gasteiger partial charge < -0.3 is 9.80 Å². The number of hydrogen-bond acceptors (Lipinski definition) is 3. The Morgan fingerprint density at radius 2 is 1.21 bits per heavy atom. The van der Waals surface area contributed by atoms with Gasteiger partial charge in [0.1, 0.15) is 0 Å². The van der Waals surface area contributed by atoms with E-state index in [-0.39, 0.29) is 0 Å². The third-order valence-electron chi connectivity index (χ3n) is 10.7. The minimum Gasteiger partial charge on any atom is -0.365 e. The standard InChI is InChI=1S/C35H51N3/c1-2-4-6-12-18-32(19-13-7-5-3-1)37-24-22-35(23-25-37)34-29-36(26-30-16-10-8-11-17-30)27-31(34)28-38(35)33-20-14-9-15-21-33/h8-11,14-17,20-21,31-32,34H,1-7,12-13,18-19,22-29H2. The lowest BCUT2D eigenvalue weighted by Crippen LogP contribution is -2.58. The Hall–Kier alpha value is -1.84. The molecular weight excluding hydrogens is 462 g/mol. The molecule has 2 unspecified atom stereocenters. The molecule has 6 rings (SSSR count). The van der Waals surface area contributed by atoms with E-state index in [0.29, 0.717) is 5.54 Å². The molecular formula is C35H51N3. The first-order valence-electron chi connectivity index (χ1n) is 16.1. The summed E-state index contributed by atoms with van der Waals surface area (Å²) in [5.41, 5.74) is 3.27. The highest BCUT2D eigenvalue weighted by Gasteiger charge is 2.57. The van der Waals surface area contributed by atoms with E-state index in [2.05, 4.69) is 75.4 Å². The number of anilines is 1. The average molecular weight is 514 g/mol. The average Bonchev–Trinajstić information content (AvgIpc) is 3.48. The van der Waals surface area contributed by atoms with Crippen molar-refractivity contribution in [2.45, 2.75) is 102 Å². The Balaban J connectivity index is 1.16. The minimum absolute atomic E-state index is 0.333. The highest BCUT2D eigenvalue weighted by atomic mass is 15.3. The third-order valence-corrected chi connectivity index (χ3v) is 10.7. The Bertz CT molecular complexity index is 955. The van der Waals surface area contributed by atoms with Crippen LogP contribution in [0.3, 0.4) is 0 Å². The topological polar surface area (TPSA) is 9.72 Å². The van der Waals surface area contributed by atoms with Crippen LogP contribution in [0.15, 0.2) is 60.7 Å². The molecule has 3 heteroatoms. The summed E-state index contributed by atoms with van der Waals surface area (Å²) in [6, 6.07) is 23.4. The number of nitrogens with zero attached hydrogens (tertiary/aromatic N) is 3. The van der Waals surface area contributed by atoms with E-state index >= 15 is 0 Å². The summed E-state index contributed by atoms with van der Waals surface area (Å²) in [6.45, 7) is 7.49. The maximum absolute atomic E-state index is 2.95. The summed E-state index contributed by atoms with van der Waals surface area (Å²) in [4.78, 5) is 8.61. The number of hydrogen-bond donors (Lipinski definition) is 0. The molecule has 0 bridgehead atoms. The predicted octanol–water partition coefficient (Wildman–Crippen LogP) is 7.76. The van der Waals surface area contributed by atoms with Crippen molar-refractivity contribution in [3.63, 3.8) is 0 Å². The fourth-order valence-corrected chi connectivity index (χ4v) is 8.74. The molecule has 0 N–H and O–H groups in total. The number of para-hydroxylation sites is 1. The van der Waals surface area contributed by atoms with Crippen LogP contribution in [0.2, 0.25) is 0 Å². The van der Waals surface area contributed by atoms with Crippen molar-refractivity contribution in [3.05, 3.63) is 66.2 Å². The summed E-state index contributed by atoms with van der Waals surface area (Å²) < 4.78 is 0. The first-order chi connectivity index (χ1) is 18.8. The maximum atomic E-state index is 2.95. The molecule has 3 aliphatic heterocycles. The molecule has 2 aromatic rings. The van der Waals surface area contributed by atoms with Crippen LogP contribution in [0.4, 0.5) is 5.69 Å². The van der Waals surface area contributed by atoms with E-state index in [4.69, 9.17) is 0 Å². The van der Waals surface area contributed by atoms with Crippen LogP contribution in [0, 0.1) is 11.8 Å². The van der Waals surface area contributed by atoms with Gasteiger partial charge in [0.2, 0.25) is 0 Å². The van der Waals surface area contributed by atoms with E-state index in [9.17, 15) is 0 Å². The second kappa shape index (κ2) is 12.6. The molecule has 206 valence electrons. The Morgan fingerprint density at radius 3 is 1.84 bits per heavy atom. The fourth-order valence-electron chi connectivity index (χ4n) is 8.74. The minimum atomic E-state index is 0.333. The molecule has 3 saturated heterocycles. The van der Waals surface area contributed by atoms with Crippen LogP contribution in [0.5, 0.6) is 0 Å². The highest BCUT2D eigenvalue weighted by Crippen LogP contribution is 2.51. The van der Waals surface area contributed by atoms with Crippen molar-refractivity contribution >= 4 is 5.69 Å². The van der Waals surface area contributed by atoms with E-state index in [1.54, 1.807) is 0 Å². The summed E-state index contributed by atoms with van der Waals surface area (Å²) in [5.74, 6) is 1.59. The molecule has 0 amide bonds. The van der Waals surface area contributed by atoms with Gasteiger partial charge >= 0.3 is 0 Å². The molecule has 1 saturated carbocycles. The molecule has 4 aliphatic rings. The Kier molecular flexibility index (Phi) is 8.72. The van der Waals surface area contributed by atoms with Crippen LogP contribution in [0.25, 0.3) is 0 Å². The lowest BCUT2D eigenvalue weighted by atomic mass is 9.74. The normalized spacial score (nSPS) is 28.2. The van der Waals surface area contributed by atoms with Crippen LogP contribution in [-0.4, -0.2) is 54.1 Å². The van der Waals surface area contributed by atoms with E-state index < -0.39 is 0 Å². The zero-order valence-corrected chi connectivity index (χ0v) is 23.8. The monoisotopic (exact) mass is 513 g/mol. The van der Waals surface area contributed by atoms with Crippen molar-refractivity contribution in [2.24, 2.45) is 11.8 Å². The van der Waals surface area contributed by atoms with Crippen LogP contribution in [-0.2, 0) is 6.54 Å². The number of benzene rings is 2. The Labute approximate surface area is 232 Å². The SMILES string of the molecule is c1ccc(CN2CC3CN(c4ccccc4)C4(CCN(C5CCCCCCCCCCC5)CC4)C3C2)cc1. The summed E-state index contributed by atoms with van der Waals surface area (Å²) >= 11 is 0. The number of piperidine rings is 1. The van der Waals surface area contributed by atoms with Crippen molar-refractivity contribution in [1.29, 1.82) is 0 Å². The quantitative estimate of drug-likeness (QED) is 0.414. The van der Waals surface area contributed by atoms with Gasteiger partial charge in [0, 0.05) is 62.5 Å². The Morgan fingerprint density at radius 1 is 0.632 bits per heavy atom. The number of likely N-dealkylation sites (tertiary alicyclic amines) is 2. The van der Waals surface area contributed by atoms with Crippen molar-refractivity contribution in [2.75, 3.05) is 37.6 Å². The predicted molar refractivity (Wildman–Crippen MR) is 161 cm³/mol. The van der Waals surface area contributed by atoms with Gasteiger partial charge in [0.15, 0.2) is 0 Å². The van der Waals surface area contributed by atoms with Gasteiger partial charge in [-0.25, -0.2) is 0 Å². The van der Waals surface area contributed by atoms with E-state index in [1.807, 2.05) is 0 Å². The van der Waals surface area contributed by atoms with Gasteiger partial charge in [-0.05, 0) is 49.3 Å². The number of fused-ring (bicyclic) bond motifs is 2. The summed E-state index contributed by atoms with van der Waals surface area (Å²) in [7, 11) is 0. The molecule has 2 aromatic carbocycles.